The SMILES string of the molecule is NC(=O)CCN(C(=O)c1csc(-c2ccsc2)n1)c1ccc(F)cc1. The number of rotatable bonds is 6. The van der Waals surface area contributed by atoms with Crippen LogP contribution in [-0.2, 0) is 4.79 Å². The molecule has 0 aliphatic carbocycles. The molecule has 2 heterocycles. The van der Waals surface area contributed by atoms with Crippen LogP contribution in [-0.4, -0.2) is 23.3 Å². The van der Waals surface area contributed by atoms with Gasteiger partial charge in [-0.3, -0.25) is 9.59 Å². The van der Waals surface area contributed by atoms with Gasteiger partial charge in [-0.25, -0.2) is 9.37 Å². The van der Waals surface area contributed by atoms with Crippen molar-refractivity contribution in [3.63, 3.8) is 0 Å². The van der Waals surface area contributed by atoms with Crippen LogP contribution in [0.15, 0.2) is 46.5 Å². The first kappa shape index (κ1) is 17.2. The minimum absolute atomic E-state index is 0.00460. The summed E-state index contributed by atoms with van der Waals surface area (Å²) in [5, 5.41) is 6.32. The molecule has 1 aromatic carbocycles. The lowest BCUT2D eigenvalue weighted by Crippen LogP contribution is -2.34. The highest BCUT2D eigenvalue weighted by Gasteiger charge is 2.21. The molecule has 0 unspecified atom stereocenters. The van der Waals surface area contributed by atoms with Crippen LogP contribution in [0.25, 0.3) is 10.6 Å². The number of carbonyl (C=O) groups excluding carboxylic acids is 2. The Kier molecular flexibility index (Phi) is 5.20. The van der Waals surface area contributed by atoms with Gasteiger partial charge in [0.2, 0.25) is 5.91 Å². The van der Waals surface area contributed by atoms with E-state index in [2.05, 4.69) is 4.98 Å². The Labute approximate surface area is 151 Å². The predicted octanol–water partition coefficient (Wildman–Crippen LogP) is 3.53. The Morgan fingerprint density at radius 3 is 2.56 bits per heavy atom. The van der Waals surface area contributed by atoms with Gasteiger partial charge in [-0.15, -0.1) is 11.3 Å². The molecule has 3 aromatic rings. The van der Waals surface area contributed by atoms with Crippen molar-refractivity contribution in [1.29, 1.82) is 0 Å². The zero-order valence-corrected chi connectivity index (χ0v) is 14.6. The van der Waals surface area contributed by atoms with Gasteiger partial charge in [0, 0.05) is 35.0 Å². The number of aromatic nitrogens is 1. The van der Waals surface area contributed by atoms with Gasteiger partial charge in [0.25, 0.3) is 5.91 Å². The average molecular weight is 375 g/mol. The number of amides is 2. The van der Waals surface area contributed by atoms with E-state index >= 15 is 0 Å². The molecule has 25 heavy (non-hydrogen) atoms. The second-order valence-corrected chi connectivity index (χ2v) is 6.84. The minimum Gasteiger partial charge on any atom is -0.370 e. The zero-order chi connectivity index (χ0) is 17.8. The summed E-state index contributed by atoms with van der Waals surface area (Å²) < 4.78 is 13.2. The van der Waals surface area contributed by atoms with Crippen molar-refractivity contribution in [2.75, 3.05) is 11.4 Å². The first-order valence-corrected chi connectivity index (χ1v) is 9.20. The molecular weight excluding hydrogens is 361 g/mol. The molecular formula is C17H14FN3O2S2. The number of nitrogens with two attached hydrogens (primary N) is 1. The molecule has 2 aromatic heterocycles. The summed E-state index contributed by atoms with van der Waals surface area (Å²) in [5.74, 6) is -1.28. The van der Waals surface area contributed by atoms with Crippen LogP contribution in [0.5, 0.6) is 0 Å². The largest absolute Gasteiger partial charge is 0.370 e. The van der Waals surface area contributed by atoms with Crippen LogP contribution in [0.2, 0.25) is 0 Å². The number of thiazole rings is 1. The lowest BCUT2D eigenvalue weighted by atomic mass is 10.2. The van der Waals surface area contributed by atoms with Gasteiger partial charge in [0.15, 0.2) is 0 Å². The topological polar surface area (TPSA) is 76.3 Å². The van der Waals surface area contributed by atoms with E-state index in [-0.39, 0.29) is 24.6 Å². The number of primary amides is 1. The molecule has 0 spiro atoms. The summed E-state index contributed by atoms with van der Waals surface area (Å²) in [5.41, 5.74) is 6.92. The van der Waals surface area contributed by atoms with Gasteiger partial charge in [-0.1, -0.05) is 0 Å². The Bertz CT molecular complexity index is 876. The van der Waals surface area contributed by atoms with E-state index in [1.807, 2.05) is 16.8 Å². The van der Waals surface area contributed by atoms with Crippen molar-refractivity contribution < 1.29 is 14.0 Å². The van der Waals surface area contributed by atoms with Gasteiger partial charge in [-0.2, -0.15) is 11.3 Å². The molecule has 2 N–H and O–H groups in total. The molecule has 2 amide bonds. The molecule has 128 valence electrons. The number of hydrogen-bond acceptors (Lipinski definition) is 5. The van der Waals surface area contributed by atoms with Crippen LogP contribution in [0.1, 0.15) is 16.9 Å². The van der Waals surface area contributed by atoms with Crippen LogP contribution in [0.3, 0.4) is 0 Å². The van der Waals surface area contributed by atoms with E-state index in [9.17, 15) is 14.0 Å². The molecule has 0 aliphatic heterocycles. The fraction of sp³-hybridized carbons (Fsp3) is 0.118. The molecule has 0 saturated carbocycles. The molecule has 0 saturated heterocycles. The van der Waals surface area contributed by atoms with Crippen molar-refractivity contribution in [2.45, 2.75) is 6.42 Å². The highest BCUT2D eigenvalue weighted by atomic mass is 32.1. The van der Waals surface area contributed by atoms with Gasteiger partial charge < -0.3 is 10.6 Å². The molecule has 8 heteroatoms. The number of halogens is 1. The van der Waals surface area contributed by atoms with Crippen LogP contribution >= 0.6 is 22.7 Å². The van der Waals surface area contributed by atoms with Crippen LogP contribution in [0, 0.1) is 5.82 Å². The molecule has 0 radical (unpaired) electrons. The monoisotopic (exact) mass is 375 g/mol. The summed E-state index contributed by atoms with van der Waals surface area (Å²) >= 11 is 2.92. The summed E-state index contributed by atoms with van der Waals surface area (Å²) in [6.07, 6.45) is 0.00460. The maximum atomic E-state index is 13.2. The van der Waals surface area contributed by atoms with Gasteiger partial charge >= 0.3 is 0 Å². The highest BCUT2D eigenvalue weighted by molar-refractivity contribution is 7.14. The van der Waals surface area contributed by atoms with Crippen molar-refractivity contribution in [3.05, 3.63) is 58.0 Å². The number of hydrogen-bond donors (Lipinski definition) is 1. The van der Waals surface area contributed by atoms with Crippen molar-refractivity contribution >= 4 is 40.2 Å². The Morgan fingerprint density at radius 2 is 1.92 bits per heavy atom. The van der Waals surface area contributed by atoms with E-state index in [0.717, 1.165) is 10.6 Å². The Balaban J connectivity index is 1.88. The summed E-state index contributed by atoms with van der Waals surface area (Å²) in [6, 6.07) is 7.43. The third-order valence-corrected chi connectivity index (χ3v) is 5.03. The lowest BCUT2D eigenvalue weighted by Gasteiger charge is -2.21. The zero-order valence-electron chi connectivity index (χ0n) is 13.0. The normalized spacial score (nSPS) is 10.6. The second-order valence-electron chi connectivity index (χ2n) is 5.20. The number of nitrogens with zero attached hydrogens (tertiary/aromatic N) is 2. The fourth-order valence-corrected chi connectivity index (χ4v) is 3.73. The first-order chi connectivity index (χ1) is 12.0. The summed E-state index contributed by atoms with van der Waals surface area (Å²) in [7, 11) is 0. The van der Waals surface area contributed by atoms with Gasteiger partial charge in [0.1, 0.15) is 16.5 Å². The number of thiophene rings is 1. The third kappa shape index (κ3) is 4.09. The second kappa shape index (κ2) is 7.54. The number of carbonyl (C=O) groups is 2. The van der Waals surface area contributed by atoms with Gasteiger partial charge in [0.05, 0.1) is 0 Å². The summed E-state index contributed by atoms with van der Waals surface area (Å²) in [6.45, 7) is 0.102. The van der Waals surface area contributed by atoms with Gasteiger partial charge in [-0.05, 0) is 35.7 Å². The number of benzene rings is 1. The molecule has 0 aliphatic rings. The van der Waals surface area contributed by atoms with Crippen LogP contribution in [0.4, 0.5) is 10.1 Å². The molecule has 5 nitrogen and oxygen atoms in total. The number of anilines is 1. The highest BCUT2D eigenvalue weighted by Crippen LogP contribution is 2.27. The summed E-state index contributed by atoms with van der Waals surface area (Å²) in [4.78, 5) is 29.7. The van der Waals surface area contributed by atoms with Crippen molar-refractivity contribution in [2.24, 2.45) is 5.73 Å². The van der Waals surface area contributed by atoms with E-state index in [1.54, 1.807) is 16.7 Å². The quantitative estimate of drug-likeness (QED) is 0.716. The maximum Gasteiger partial charge on any atom is 0.277 e. The predicted molar refractivity (Wildman–Crippen MR) is 97.3 cm³/mol. The van der Waals surface area contributed by atoms with Crippen molar-refractivity contribution in [3.8, 4) is 10.6 Å². The standard InChI is InChI=1S/C17H14FN3O2S2/c18-12-1-3-13(4-2-12)21(7-5-15(19)22)17(23)14-10-25-16(20-14)11-6-8-24-9-11/h1-4,6,8-10H,5,7H2,(H2,19,22). The Hall–Kier alpha value is -2.58. The molecule has 0 bridgehead atoms. The third-order valence-electron chi connectivity index (χ3n) is 3.46. The minimum atomic E-state index is -0.517. The lowest BCUT2D eigenvalue weighted by molar-refractivity contribution is -0.117. The average Bonchev–Trinajstić information content (AvgIpc) is 3.27. The van der Waals surface area contributed by atoms with Crippen molar-refractivity contribution in [1.82, 2.24) is 4.98 Å². The van der Waals surface area contributed by atoms with E-state index < -0.39 is 11.7 Å². The maximum absolute atomic E-state index is 13.2. The molecule has 0 atom stereocenters. The van der Waals surface area contributed by atoms with Crippen LogP contribution < -0.4 is 10.6 Å². The van der Waals surface area contributed by atoms with E-state index in [0.29, 0.717) is 5.69 Å². The molecule has 0 fully saturated rings. The van der Waals surface area contributed by atoms with E-state index in [4.69, 9.17) is 5.73 Å². The fourth-order valence-electron chi connectivity index (χ4n) is 2.22. The van der Waals surface area contributed by atoms with E-state index in [1.165, 1.54) is 40.5 Å². The Morgan fingerprint density at radius 1 is 1.16 bits per heavy atom. The smallest absolute Gasteiger partial charge is 0.277 e. The molecule has 3 rings (SSSR count). The first-order valence-electron chi connectivity index (χ1n) is 7.38.